The monoisotopic (exact) mass is 746 g/mol. The molecule has 0 fully saturated rings. The van der Waals surface area contributed by atoms with E-state index in [1.54, 1.807) is 0 Å². The Kier molecular flexibility index (Phi) is 37.5. The van der Waals surface area contributed by atoms with Crippen LogP contribution in [0.3, 0.4) is 0 Å². The SMILES string of the molecule is CCCCCC/C=C/CCCCCCCC(=O)OC[C@H](COP(=O)(O)OCCN)OC(=O)CCCCCCCCCCCCCCCCCCC. The van der Waals surface area contributed by atoms with Gasteiger partial charge in [0.15, 0.2) is 6.10 Å². The van der Waals surface area contributed by atoms with Crippen LogP contribution in [0.1, 0.15) is 206 Å². The van der Waals surface area contributed by atoms with Gasteiger partial charge in [0, 0.05) is 19.4 Å². The molecule has 0 saturated heterocycles. The van der Waals surface area contributed by atoms with Crippen molar-refractivity contribution in [1.82, 2.24) is 0 Å². The summed E-state index contributed by atoms with van der Waals surface area (Å²) >= 11 is 0. The third kappa shape index (κ3) is 38.3. The van der Waals surface area contributed by atoms with Crippen LogP contribution >= 0.6 is 7.82 Å². The predicted octanol–water partition coefficient (Wildman–Crippen LogP) is 11.8. The zero-order chi connectivity index (χ0) is 37.5. The highest BCUT2D eigenvalue weighted by Crippen LogP contribution is 2.43. The molecule has 10 heteroatoms. The molecule has 0 aliphatic heterocycles. The number of hydrogen-bond acceptors (Lipinski definition) is 8. The molecule has 0 spiro atoms. The lowest BCUT2D eigenvalue weighted by molar-refractivity contribution is -0.161. The van der Waals surface area contributed by atoms with Gasteiger partial charge in [0.05, 0.1) is 13.2 Å². The Bertz CT molecular complexity index is 856. The highest BCUT2D eigenvalue weighted by Gasteiger charge is 2.26. The van der Waals surface area contributed by atoms with Gasteiger partial charge in [-0.05, 0) is 38.5 Å². The zero-order valence-corrected chi connectivity index (χ0v) is 34.0. The Morgan fingerprint density at radius 3 is 1.41 bits per heavy atom. The van der Waals surface area contributed by atoms with E-state index in [9.17, 15) is 19.0 Å². The van der Waals surface area contributed by atoms with Crippen molar-refractivity contribution in [3.05, 3.63) is 12.2 Å². The number of carbonyl (C=O) groups excluding carboxylic acids is 2. The smallest absolute Gasteiger partial charge is 0.462 e. The zero-order valence-electron chi connectivity index (χ0n) is 33.1. The maximum atomic E-state index is 12.6. The van der Waals surface area contributed by atoms with Gasteiger partial charge in [-0.1, -0.05) is 167 Å². The molecule has 0 radical (unpaired) electrons. The van der Waals surface area contributed by atoms with E-state index in [0.717, 1.165) is 51.4 Å². The first-order valence-corrected chi connectivity index (χ1v) is 22.7. The molecule has 0 aliphatic rings. The van der Waals surface area contributed by atoms with Gasteiger partial charge >= 0.3 is 19.8 Å². The molecule has 0 aromatic rings. The van der Waals surface area contributed by atoms with E-state index in [0.29, 0.717) is 6.42 Å². The third-order valence-electron chi connectivity index (χ3n) is 9.15. The van der Waals surface area contributed by atoms with Crippen molar-refractivity contribution in [3.8, 4) is 0 Å². The van der Waals surface area contributed by atoms with E-state index in [2.05, 4.69) is 26.0 Å². The molecule has 0 amide bonds. The van der Waals surface area contributed by atoms with Gasteiger partial charge in [0.25, 0.3) is 0 Å². The average Bonchev–Trinajstić information content (AvgIpc) is 3.11. The van der Waals surface area contributed by atoms with E-state index in [-0.39, 0.29) is 38.6 Å². The molecule has 0 bridgehead atoms. The fourth-order valence-corrected chi connectivity index (χ4v) is 6.75. The first-order valence-electron chi connectivity index (χ1n) is 21.2. The fraction of sp³-hybridized carbons (Fsp3) is 0.902. The van der Waals surface area contributed by atoms with Gasteiger partial charge in [-0.3, -0.25) is 18.6 Å². The summed E-state index contributed by atoms with van der Waals surface area (Å²) in [5.41, 5.74) is 5.34. The van der Waals surface area contributed by atoms with E-state index in [1.807, 2.05) is 0 Å². The van der Waals surface area contributed by atoms with Gasteiger partial charge in [0.1, 0.15) is 6.61 Å². The largest absolute Gasteiger partial charge is 0.472 e. The summed E-state index contributed by atoms with van der Waals surface area (Å²) in [6.07, 6.45) is 38.1. The van der Waals surface area contributed by atoms with Gasteiger partial charge in [-0.15, -0.1) is 0 Å². The first kappa shape index (κ1) is 49.8. The number of hydrogen-bond donors (Lipinski definition) is 2. The predicted molar refractivity (Wildman–Crippen MR) is 211 cm³/mol. The summed E-state index contributed by atoms with van der Waals surface area (Å²) < 4.78 is 32.7. The molecular formula is C41H80NO8P. The highest BCUT2D eigenvalue weighted by atomic mass is 31.2. The lowest BCUT2D eigenvalue weighted by Gasteiger charge is -2.19. The minimum absolute atomic E-state index is 0.0551. The highest BCUT2D eigenvalue weighted by molar-refractivity contribution is 7.47. The number of phosphoric ester groups is 1. The van der Waals surface area contributed by atoms with E-state index >= 15 is 0 Å². The second kappa shape index (κ2) is 38.5. The average molecular weight is 746 g/mol. The maximum Gasteiger partial charge on any atom is 0.472 e. The topological polar surface area (TPSA) is 134 Å². The number of allylic oxidation sites excluding steroid dienone is 2. The summed E-state index contributed by atoms with van der Waals surface area (Å²) in [5, 5.41) is 0. The normalized spacial score (nSPS) is 13.4. The molecule has 2 atom stereocenters. The summed E-state index contributed by atoms with van der Waals surface area (Å²) in [6, 6.07) is 0. The molecule has 0 aromatic heterocycles. The van der Waals surface area contributed by atoms with Gasteiger partial charge in [-0.2, -0.15) is 0 Å². The fourth-order valence-electron chi connectivity index (χ4n) is 5.98. The summed E-state index contributed by atoms with van der Waals surface area (Å²) in [5.74, 6) is -0.829. The molecule has 0 saturated carbocycles. The minimum Gasteiger partial charge on any atom is -0.462 e. The molecule has 51 heavy (non-hydrogen) atoms. The number of rotatable bonds is 40. The van der Waals surface area contributed by atoms with Crippen LogP contribution in [0.5, 0.6) is 0 Å². The van der Waals surface area contributed by atoms with Crippen LogP contribution in [-0.2, 0) is 32.7 Å². The maximum absolute atomic E-state index is 12.6. The number of unbranched alkanes of at least 4 members (excludes halogenated alkanes) is 25. The van der Waals surface area contributed by atoms with Gasteiger partial charge < -0.3 is 20.1 Å². The van der Waals surface area contributed by atoms with Crippen molar-refractivity contribution in [3.63, 3.8) is 0 Å². The van der Waals surface area contributed by atoms with Crippen LogP contribution in [-0.4, -0.2) is 49.3 Å². The molecule has 1 unspecified atom stereocenters. The minimum atomic E-state index is -4.37. The summed E-state index contributed by atoms with van der Waals surface area (Å²) in [6.45, 7) is 3.73. The third-order valence-corrected chi connectivity index (χ3v) is 10.1. The van der Waals surface area contributed by atoms with Crippen molar-refractivity contribution < 1.29 is 37.6 Å². The van der Waals surface area contributed by atoms with Crippen molar-refractivity contribution >= 4 is 19.8 Å². The van der Waals surface area contributed by atoms with Crippen molar-refractivity contribution in [1.29, 1.82) is 0 Å². The first-order chi connectivity index (χ1) is 24.8. The number of esters is 2. The molecule has 0 heterocycles. The van der Waals surface area contributed by atoms with E-state index < -0.39 is 26.5 Å². The van der Waals surface area contributed by atoms with Crippen LogP contribution < -0.4 is 5.73 Å². The molecule has 3 N–H and O–H groups in total. The summed E-state index contributed by atoms with van der Waals surface area (Å²) in [4.78, 5) is 34.8. The molecule has 9 nitrogen and oxygen atoms in total. The lowest BCUT2D eigenvalue weighted by Crippen LogP contribution is -2.29. The quantitative estimate of drug-likeness (QED) is 0.0272. The number of phosphoric acid groups is 1. The number of ether oxygens (including phenoxy) is 2. The molecule has 0 aromatic carbocycles. The van der Waals surface area contributed by atoms with Crippen LogP contribution in [0.25, 0.3) is 0 Å². The molecule has 0 rings (SSSR count). The van der Waals surface area contributed by atoms with Crippen molar-refractivity contribution in [2.45, 2.75) is 213 Å². The summed E-state index contributed by atoms with van der Waals surface area (Å²) in [7, 11) is -4.37. The second-order valence-electron chi connectivity index (χ2n) is 14.2. The molecular weight excluding hydrogens is 665 g/mol. The van der Waals surface area contributed by atoms with Gasteiger partial charge in [-0.25, -0.2) is 4.57 Å². The molecule has 302 valence electrons. The van der Waals surface area contributed by atoms with Crippen LogP contribution in [0.2, 0.25) is 0 Å². The van der Waals surface area contributed by atoms with Crippen molar-refractivity contribution in [2.75, 3.05) is 26.4 Å². The lowest BCUT2D eigenvalue weighted by atomic mass is 10.0. The van der Waals surface area contributed by atoms with Crippen LogP contribution in [0.15, 0.2) is 12.2 Å². The van der Waals surface area contributed by atoms with Crippen molar-refractivity contribution in [2.24, 2.45) is 5.73 Å². The Morgan fingerprint density at radius 2 is 0.961 bits per heavy atom. The standard InChI is InChI=1S/C41H80NO8P/c1-3-5-7-9-11-13-15-17-18-19-20-22-24-26-28-30-32-34-41(44)50-39(38-49-51(45,46)48-36-35-42)37-47-40(43)33-31-29-27-25-23-21-16-14-12-10-8-6-4-2/h14,16,39H,3-13,15,17-38,42H2,1-2H3,(H,45,46)/b16-14+/t39-/m1/s1. The Morgan fingerprint density at radius 1 is 0.569 bits per heavy atom. The Balaban J connectivity index is 4.13. The molecule has 0 aliphatic carbocycles. The van der Waals surface area contributed by atoms with E-state index in [4.69, 9.17) is 24.3 Å². The Labute approximate surface area is 313 Å². The van der Waals surface area contributed by atoms with Crippen LogP contribution in [0.4, 0.5) is 0 Å². The Hall–Kier alpha value is -1.25. The van der Waals surface area contributed by atoms with Gasteiger partial charge in [0.2, 0.25) is 0 Å². The second-order valence-corrected chi connectivity index (χ2v) is 15.7. The number of carbonyl (C=O) groups is 2. The van der Waals surface area contributed by atoms with E-state index in [1.165, 1.54) is 122 Å². The number of nitrogens with two attached hydrogens (primary N) is 1. The van der Waals surface area contributed by atoms with Crippen LogP contribution in [0, 0.1) is 0 Å².